The van der Waals surface area contributed by atoms with E-state index in [0.717, 1.165) is 17.1 Å². The van der Waals surface area contributed by atoms with Crippen LogP contribution in [-0.4, -0.2) is 11.6 Å². The van der Waals surface area contributed by atoms with Crippen LogP contribution in [0.25, 0.3) is 0 Å². The molecule has 0 bridgehead atoms. The third-order valence-corrected chi connectivity index (χ3v) is 3.05. The summed E-state index contributed by atoms with van der Waals surface area (Å²) in [5, 5.41) is 5.20. The van der Waals surface area contributed by atoms with E-state index in [1.165, 1.54) is 6.07 Å². The molecule has 0 aliphatic carbocycles. The number of hydrogen-bond acceptors (Lipinski definition) is 3. The van der Waals surface area contributed by atoms with E-state index < -0.39 is 11.7 Å². The van der Waals surface area contributed by atoms with E-state index >= 15 is 0 Å². The van der Waals surface area contributed by atoms with Gasteiger partial charge in [0.05, 0.1) is 29.1 Å². The lowest BCUT2D eigenvalue weighted by molar-refractivity contribution is -0.137. The molecule has 0 atom stereocenters. The van der Waals surface area contributed by atoms with Crippen LogP contribution >= 0.6 is 0 Å². The van der Waals surface area contributed by atoms with Crippen molar-refractivity contribution < 1.29 is 18.0 Å². The van der Waals surface area contributed by atoms with Gasteiger partial charge in [0, 0.05) is 0 Å². The highest BCUT2D eigenvalue weighted by molar-refractivity contribution is 6.14. The highest BCUT2D eigenvalue weighted by Crippen LogP contribution is 2.35. The Labute approximate surface area is 114 Å². The van der Waals surface area contributed by atoms with Crippen LogP contribution < -0.4 is 10.7 Å². The Morgan fingerprint density at radius 1 is 1.35 bits per heavy atom. The molecule has 2 N–H and O–H groups in total. The summed E-state index contributed by atoms with van der Waals surface area (Å²) in [7, 11) is 0. The second kappa shape index (κ2) is 4.81. The summed E-state index contributed by atoms with van der Waals surface area (Å²) in [5.41, 5.74) is 5.52. The number of amides is 1. The van der Waals surface area contributed by atoms with Gasteiger partial charge in [0.25, 0.3) is 5.91 Å². The highest BCUT2D eigenvalue weighted by Gasteiger charge is 2.33. The van der Waals surface area contributed by atoms with Crippen molar-refractivity contribution in [2.75, 3.05) is 10.7 Å². The minimum absolute atomic E-state index is 0.0969. The first kappa shape index (κ1) is 14.4. The smallest absolute Gasteiger partial charge is 0.397 e. The van der Waals surface area contributed by atoms with E-state index in [4.69, 9.17) is 5.73 Å². The quantitative estimate of drug-likeness (QED) is 0.849. The normalized spacial score (nSPS) is 16.0. The summed E-state index contributed by atoms with van der Waals surface area (Å²) < 4.78 is 37.7. The zero-order valence-electron chi connectivity index (χ0n) is 11.0. The second-order valence-corrected chi connectivity index (χ2v) is 4.90. The number of alkyl halides is 3. The van der Waals surface area contributed by atoms with Crippen molar-refractivity contribution in [3.63, 3.8) is 0 Å². The fraction of sp³-hybridized carbons (Fsp3) is 0.385. The van der Waals surface area contributed by atoms with E-state index in [1.54, 1.807) is 0 Å². The van der Waals surface area contributed by atoms with Gasteiger partial charge < -0.3 is 5.73 Å². The monoisotopic (exact) mass is 285 g/mol. The van der Waals surface area contributed by atoms with Crippen LogP contribution in [0.3, 0.4) is 0 Å². The average molecular weight is 285 g/mol. The predicted octanol–water partition coefficient (Wildman–Crippen LogP) is 3.04. The zero-order chi connectivity index (χ0) is 15.1. The minimum atomic E-state index is -4.46. The van der Waals surface area contributed by atoms with Crippen molar-refractivity contribution >= 4 is 23.0 Å². The molecule has 1 heterocycles. The maximum atomic E-state index is 12.6. The van der Waals surface area contributed by atoms with Crippen LogP contribution in [0.15, 0.2) is 23.3 Å². The van der Waals surface area contributed by atoms with Gasteiger partial charge >= 0.3 is 6.18 Å². The van der Waals surface area contributed by atoms with Gasteiger partial charge in [-0.3, -0.25) is 4.79 Å². The van der Waals surface area contributed by atoms with E-state index in [1.807, 2.05) is 13.8 Å². The Kier molecular flexibility index (Phi) is 3.45. The Morgan fingerprint density at radius 3 is 2.45 bits per heavy atom. The molecule has 0 fully saturated rings. The van der Waals surface area contributed by atoms with Crippen LogP contribution in [0.1, 0.15) is 25.8 Å². The largest absolute Gasteiger partial charge is 0.416 e. The van der Waals surface area contributed by atoms with Gasteiger partial charge in [0.1, 0.15) is 0 Å². The van der Waals surface area contributed by atoms with Gasteiger partial charge in [0.2, 0.25) is 0 Å². The van der Waals surface area contributed by atoms with Crippen molar-refractivity contribution in [3.05, 3.63) is 23.8 Å². The molecule has 1 amide bonds. The van der Waals surface area contributed by atoms with Crippen LogP contribution in [0, 0.1) is 5.92 Å². The summed E-state index contributed by atoms with van der Waals surface area (Å²) in [5.74, 6) is -0.195. The van der Waals surface area contributed by atoms with Crippen molar-refractivity contribution in [1.82, 2.24) is 0 Å². The standard InChI is InChI=1S/C13H14F3N3O/c1-7(2)10-6-12(20)19(18-10)11-4-3-8(5-9(11)17)13(14,15)16/h3-5,7H,6,17H2,1-2H3. The molecule has 108 valence electrons. The van der Waals surface area contributed by atoms with E-state index in [-0.39, 0.29) is 29.6 Å². The molecule has 1 aromatic carbocycles. The number of nitrogens with two attached hydrogens (primary N) is 1. The fourth-order valence-electron chi connectivity index (χ4n) is 1.88. The number of benzene rings is 1. The van der Waals surface area contributed by atoms with Gasteiger partial charge in [-0.2, -0.15) is 23.3 Å². The molecule has 1 aliphatic rings. The van der Waals surface area contributed by atoms with E-state index in [0.29, 0.717) is 5.71 Å². The van der Waals surface area contributed by atoms with Crippen LogP contribution in [0.4, 0.5) is 24.5 Å². The topological polar surface area (TPSA) is 58.7 Å². The molecule has 20 heavy (non-hydrogen) atoms. The van der Waals surface area contributed by atoms with Crippen LogP contribution in [0.5, 0.6) is 0 Å². The first-order valence-electron chi connectivity index (χ1n) is 6.07. The highest BCUT2D eigenvalue weighted by atomic mass is 19.4. The fourth-order valence-corrected chi connectivity index (χ4v) is 1.88. The molecule has 1 aliphatic heterocycles. The lowest BCUT2D eigenvalue weighted by atomic mass is 10.1. The van der Waals surface area contributed by atoms with Gasteiger partial charge in [-0.15, -0.1) is 0 Å². The Morgan fingerprint density at radius 2 is 2.00 bits per heavy atom. The van der Waals surface area contributed by atoms with Crippen LogP contribution in [0.2, 0.25) is 0 Å². The molecule has 0 aromatic heterocycles. The SMILES string of the molecule is CC(C)C1=NN(c2ccc(C(F)(F)F)cc2N)C(=O)C1. The summed E-state index contributed by atoms with van der Waals surface area (Å²) in [6.45, 7) is 3.79. The number of carbonyl (C=O) groups is 1. The Bertz CT molecular complexity index is 579. The first-order chi connectivity index (χ1) is 9.20. The molecule has 4 nitrogen and oxygen atoms in total. The summed E-state index contributed by atoms with van der Waals surface area (Å²) >= 11 is 0. The minimum Gasteiger partial charge on any atom is -0.397 e. The summed E-state index contributed by atoms with van der Waals surface area (Å²) in [6.07, 6.45) is -4.30. The number of hydrogen-bond donors (Lipinski definition) is 1. The predicted molar refractivity (Wildman–Crippen MR) is 70.2 cm³/mol. The molecule has 7 heteroatoms. The molecule has 0 spiro atoms. The number of nitrogens with zero attached hydrogens (tertiary/aromatic N) is 2. The van der Waals surface area contributed by atoms with Gasteiger partial charge in [-0.25, -0.2) is 0 Å². The number of rotatable bonds is 2. The molecule has 0 saturated heterocycles. The second-order valence-electron chi connectivity index (χ2n) is 4.90. The van der Waals surface area contributed by atoms with Crippen LogP contribution in [-0.2, 0) is 11.0 Å². The zero-order valence-corrected chi connectivity index (χ0v) is 11.0. The third-order valence-electron chi connectivity index (χ3n) is 3.05. The number of hydrazone groups is 1. The van der Waals surface area contributed by atoms with Crippen molar-refractivity contribution in [1.29, 1.82) is 0 Å². The van der Waals surface area contributed by atoms with E-state index in [9.17, 15) is 18.0 Å². The average Bonchev–Trinajstić information content (AvgIpc) is 2.70. The number of anilines is 2. The Balaban J connectivity index is 2.37. The number of halogens is 3. The van der Waals surface area contributed by atoms with Crippen molar-refractivity contribution in [3.8, 4) is 0 Å². The maximum absolute atomic E-state index is 12.6. The molecule has 0 unspecified atom stereocenters. The molecular weight excluding hydrogens is 271 g/mol. The van der Waals surface area contributed by atoms with E-state index in [2.05, 4.69) is 5.10 Å². The molecule has 0 radical (unpaired) electrons. The number of carbonyl (C=O) groups excluding carboxylic acids is 1. The lowest BCUT2D eigenvalue weighted by Crippen LogP contribution is -2.21. The van der Waals surface area contributed by atoms with Gasteiger partial charge in [-0.05, 0) is 24.1 Å². The Hall–Kier alpha value is -2.05. The molecule has 1 aromatic rings. The first-order valence-corrected chi connectivity index (χ1v) is 6.07. The molecule has 2 rings (SSSR count). The summed E-state index contributed by atoms with van der Waals surface area (Å²) in [6, 6.07) is 2.87. The lowest BCUT2D eigenvalue weighted by Gasteiger charge is -2.16. The third kappa shape index (κ3) is 2.61. The van der Waals surface area contributed by atoms with Crippen molar-refractivity contribution in [2.24, 2.45) is 11.0 Å². The molecule has 0 saturated carbocycles. The van der Waals surface area contributed by atoms with Gasteiger partial charge in [-0.1, -0.05) is 13.8 Å². The van der Waals surface area contributed by atoms with Gasteiger partial charge in [0.15, 0.2) is 0 Å². The maximum Gasteiger partial charge on any atom is 0.416 e. The molecular formula is C13H14F3N3O. The summed E-state index contributed by atoms with van der Waals surface area (Å²) in [4.78, 5) is 11.9. The number of nitrogen functional groups attached to an aromatic ring is 1. The van der Waals surface area contributed by atoms with Crippen molar-refractivity contribution in [2.45, 2.75) is 26.4 Å².